The van der Waals surface area contributed by atoms with Crippen LogP contribution in [0.5, 0.6) is 0 Å². The lowest BCUT2D eigenvalue weighted by Crippen LogP contribution is -2.46. The molecule has 1 unspecified atom stereocenters. The van der Waals surface area contributed by atoms with Crippen molar-refractivity contribution in [1.29, 1.82) is 0 Å². The Labute approximate surface area is 233 Å². The molecule has 2 aromatic carbocycles. The van der Waals surface area contributed by atoms with Crippen LogP contribution < -0.4 is 21.3 Å². The van der Waals surface area contributed by atoms with Gasteiger partial charge < -0.3 is 30.7 Å². The molecule has 0 saturated carbocycles. The van der Waals surface area contributed by atoms with Crippen LogP contribution in [0.25, 0.3) is 0 Å². The Morgan fingerprint density at radius 2 is 1.03 bits per heavy atom. The van der Waals surface area contributed by atoms with Crippen LogP contribution in [0, 0.1) is 0 Å². The number of hydrogen-bond donors (Lipinski definition) is 2. The maximum Gasteiger partial charge on any atom is 0.182 e. The van der Waals surface area contributed by atoms with Gasteiger partial charge in [-0.3, -0.25) is 9.59 Å². The normalized spacial score (nSPS) is 17.6. The molecule has 2 aliphatic rings. The Morgan fingerprint density at radius 3 is 1.36 bits per heavy atom. The number of rotatable bonds is 9. The van der Waals surface area contributed by atoms with Crippen molar-refractivity contribution in [3.8, 4) is 0 Å². The highest BCUT2D eigenvalue weighted by molar-refractivity contribution is 6.03. The van der Waals surface area contributed by atoms with Gasteiger partial charge in [0.25, 0.3) is 0 Å². The summed E-state index contributed by atoms with van der Waals surface area (Å²) >= 11 is 0. The summed E-state index contributed by atoms with van der Waals surface area (Å²) in [6, 6.07) is 15.5. The standard InChI is InChI=1S/C16H24N2O2.C15H22N2O2/c1-3-16(17,4-2)15(19)13-5-7-14(8-6-13)18-9-11-20-12-10-18;1-3-15(2,16)14(18)12-4-6-13(7-5-12)17-8-10-19-11-9-17/h5-8H,3-4,9-12,17H2,1-2H3;4-7H,3,8-11,16H2,1-2H3. The zero-order valence-electron chi connectivity index (χ0n) is 24.1. The lowest BCUT2D eigenvalue weighted by Gasteiger charge is -2.29. The number of nitrogens with two attached hydrogens (primary N) is 2. The molecule has 0 bridgehead atoms. The van der Waals surface area contributed by atoms with Gasteiger partial charge in [-0.2, -0.15) is 0 Å². The van der Waals surface area contributed by atoms with Gasteiger partial charge in [-0.05, 0) is 74.7 Å². The quantitative estimate of drug-likeness (QED) is 0.460. The molecule has 2 aromatic rings. The third-order valence-corrected chi connectivity index (χ3v) is 7.98. The number of nitrogens with zero attached hydrogens (tertiary/aromatic N) is 2. The Hall–Kier alpha value is -2.78. The lowest BCUT2D eigenvalue weighted by molar-refractivity contribution is 0.0877. The van der Waals surface area contributed by atoms with E-state index in [0.29, 0.717) is 30.4 Å². The predicted octanol–water partition coefficient (Wildman–Crippen LogP) is 4.06. The molecule has 1 atom stereocenters. The highest BCUT2D eigenvalue weighted by atomic mass is 16.5. The first-order valence-electron chi connectivity index (χ1n) is 14.2. The van der Waals surface area contributed by atoms with Gasteiger partial charge >= 0.3 is 0 Å². The second-order valence-electron chi connectivity index (χ2n) is 10.6. The average molecular weight is 539 g/mol. The maximum absolute atomic E-state index is 12.5. The van der Waals surface area contributed by atoms with Gasteiger partial charge in [-0.1, -0.05) is 20.8 Å². The van der Waals surface area contributed by atoms with E-state index in [1.807, 2.05) is 69.3 Å². The first kappa shape index (κ1) is 30.8. The highest BCUT2D eigenvalue weighted by Crippen LogP contribution is 2.22. The molecule has 214 valence electrons. The lowest BCUT2D eigenvalue weighted by atomic mass is 9.85. The first-order valence-corrected chi connectivity index (χ1v) is 14.2. The molecule has 0 amide bonds. The highest BCUT2D eigenvalue weighted by Gasteiger charge is 2.31. The fourth-order valence-corrected chi connectivity index (χ4v) is 4.64. The predicted molar refractivity (Wildman–Crippen MR) is 158 cm³/mol. The zero-order valence-corrected chi connectivity index (χ0v) is 24.1. The Kier molecular flexibility index (Phi) is 11.1. The zero-order chi connectivity index (χ0) is 28.5. The van der Waals surface area contributed by atoms with Gasteiger partial charge in [0.05, 0.1) is 37.5 Å². The van der Waals surface area contributed by atoms with Gasteiger partial charge in [-0.25, -0.2) is 0 Å². The van der Waals surface area contributed by atoms with E-state index in [2.05, 4.69) is 9.80 Å². The van der Waals surface area contributed by atoms with Crippen molar-refractivity contribution in [2.45, 2.75) is 58.0 Å². The van der Waals surface area contributed by atoms with Crippen molar-refractivity contribution in [1.82, 2.24) is 0 Å². The molecule has 2 heterocycles. The van der Waals surface area contributed by atoms with Crippen molar-refractivity contribution in [3.05, 3.63) is 59.7 Å². The third-order valence-electron chi connectivity index (χ3n) is 7.98. The van der Waals surface area contributed by atoms with Crippen molar-refractivity contribution < 1.29 is 19.1 Å². The van der Waals surface area contributed by atoms with E-state index in [1.165, 1.54) is 0 Å². The molecule has 2 aliphatic heterocycles. The molecule has 4 N–H and O–H groups in total. The Balaban J connectivity index is 0.000000216. The van der Waals surface area contributed by atoms with E-state index in [1.54, 1.807) is 6.92 Å². The van der Waals surface area contributed by atoms with Gasteiger partial charge in [0.15, 0.2) is 11.6 Å². The minimum absolute atomic E-state index is 0.00327. The summed E-state index contributed by atoms with van der Waals surface area (Å²) in [5, 5.41) is 0. The smallest absolute Gasteiger partial charge is 0.182 e. The summed E-state index contributed by atoms with van der Waals surface area (Å²) in [4.78, 5) is 29.2. The molecular weight excluding hydrogens is 492 g/mol. The van der Waals surface area contributed by atoms with Crippen LogP contribution in [0.3, 0.4) is 0 Å². The van der Waals surface area contributed by atoms with E-state index < -0.39 is 11.1 Å². The molecule has 4 rings (SSSR count). The number of hydrogen-bond acceptors (Lipinski definition) is 8. The summed E-state index contributed by atoms with van der Waals surface area (Å²) in [6.07, 6.45) is 1.96. The monoisotopic (exact) mass is 538 g/mol. The van der Waals surface area contributed by atoms with Gasteiger partial charge in [0.1, 0.15) is 0 Å². The maximum atomic E-state index is 12.5. The summed E-state index contributed by atoms with van der Waals surface area (Å²) < 4.78 is 10.7. The number of Topliss-reactive ketones (excluding diaryl/α,β-unsaturated/α-hetero) is 2. The number of carbonyl (C=O) groups is 2. The Bertz CT molecular complexity index is 1050. The minimum atomic E-state index is -0.777. The van der Waals surface area contributed by atoms with Gasteiger partial charge in [0.2, 0.25) is 0 Å². The molecule has 8 heteroatoms. The number of benzene rings is 2. The summed E-state index contributed by atoms with van der Waals surface area (Å²) in [5.41, 5.74) is 14.3. The second-order valence-corrected chi connectivity index (χ2v) is 10.6. The van der Waals surface area contributed by atoms with Crippen molar-refractivity contribution in [2.24, 2.45) is 11.5 Å². The molecule has 39 heavy (non-hydrogen) atoms. The van der Waals surface area contributed by atoms with Gasteiger partial charge in [-0.15, -0.1) is 0 Å². The Morgan fingerprint density at radius 1 is 0.667 bits per heavy atom. The van der Waals surface area contributed by atoms with Crippen molar-refractivity contribution in [3.63, 3.8) is 0 Å². The summed E-state index contributed by atoms with van der Waals surface area (Å²) in [5.74, 6) is 0.0413. The van der Waals surface area contributed by atoms with E-state index in [-0.39, 0.29) is 11.6 Å². The van der Waals surface area contributed by atoms with Crippen LogP contribution in [0.15, 0.2) is 48.5 Å². The van der Waals surface area contributed by atoms with Gasteiger partial charge in [0, 0.05) is 48.7 Å². The topological polar surface area (TPSA) is 111 Å². The number of anilines is 2. The number of carbonyl (C=O) groups excluding carboxylic acids is 2. The molecule has 2 fully saturated rings. The molecule has 0 radical (unpaired) electrons. The van der Waals surface area contributed by atoms with Crippen LogP contribution in [-0.4, -0.2) is 75.3 Å². The number of morpholine rings is 2. The fraction of sp³-hybridized carbons (Fsp3) is 0.548. The molecule has 0 aromatic heterocycles. The minimum Gasteiger partial charge on any atom is -0.378 e. The van der Waals surface area contributed by atoms with E-state index in [9.17, 15) is 9.59 Å². The van der Waals surface area contributed by atoms with Crippen LogP contribution in [0.2, 0.25) is 0 Å². The number of ketones is 2. The molecule has 0 spiro atoms. The first-order chi connectivity index (χ1) is 18.6. The van der Waals surface area contributed by atoms with Crippen LogP contribution in [-0.2, 0) is 9.47 Å². The molecule has 0 aliphatic carbocycles. The fourth-order valence-electron chi connectivity index (χ4n) is 4.64. The van der Waals surface area contributed by atoms with Crippen LogP contribution >= 0.6 is 0 Å². The molecule has 2 saturated heterocycles. The SMILES string of the molecule is CCC(C)(N)C(=O)c1ccc(N2CCOCC2)cc1.CCC(N)(CC)C(=O)c1ccc(N2CCOCC2)cc1. The molecule has 8 nitrogen and oxygen atoms in total. The summed E-state index contributed by atoms with van der Waals surface area (Å²) in [6.45, 7) is 14.3. The molecular formula is C31H46N4O4. The van der Waals surface area contributed by atoms with Crippen LogP contribution in [0.1, 0.15) is 67.7 Å². The average Bonchev–Trinajstić information content (AvgIpc) is 3.01. The summed E-state index contributed by atoms with van der Waals surface area (Å²) in [7, 11) is 0. The third kappa shape index (κ3) is 7.88. The van der Waals surface area contributed by atoms with E-state index in [4.69, 9.17) is 20.9 Å². The number of ether oxygens (including phenoxy) is 2. The second kappa shape index (κ2) is 14.0. The van der Waals surface area contributed by atoms with E-state index >= 15 is 0 Å². The van der Waals surface area contributed by atoms with Crippen LogP contribution in [0.4, 0.5) is 11.4 Å². The van der Waals surface area contributed by atoms with Crippen molar-refractivity contribution >= 4 is 22.9 Å². The largest absolute Gasteiger partial charge is 0.378 e. The van der Waals surface area contributed by atoms with E-state index in [0.717, 1.165) is 64.0 Å². The van der Waals surface area contributed by atoms with Crippen molar-refractivity contribution in [2.75, 3.05) is 62.4 Å².